The van der Waals surface area contributed by atoms with Gasteiger partial charge in [-0.1, -0.05) is 18.2 Å². The van der Waals surface area contributed by atoms with Gasteiger partial charge < -0.3 is 14.9 Å². The summed E-state index contributed by atoms with van der Waals surface area (Å²) >= 11 is 0. The van der Waals surface area contributed by atoms with Crippen molar-refractivity contribution in [2.24, 2.45) is 0 Å². The van der Waals surface area contributed by atoms with E-state index < -0.39 is 6.10 Å². The summed E-state index contributed by atoms with van der Waals surface area (Å²) in [6, 6.07) is 7.72. The van der Waals surface area contributed by atoms with Crippen LogP contribution in [0.25, 0.3) is 0 Å². The Bertz CT molecular complexity index is 273. The molecule has 1 aromatic carbocycles. The van der Waals surface area contributed by atoms with Crippen LogP contribution in [0.2, 0.25) is 0 Å². The first-order valence-electron chi connectivity index (χ1n) is 4.71. The van der Waals surface area contributed by atoms with E-state index in [4.69, 9.17) is 14.9 Å². The van der Waals surface area contributed by atoms with Crippen molar-refractivity contribution in [3.63, 3.8) is 0 Å². The van der Waals surface area contributed by atoms with Crippen LogP contribution < -0.4 is 4.74 Å². The molecule has 14 heavy (non-hydrogen) atoms. The van der Waals surface area contributed by atoms with E-state index in [0.29, 0.717) is 13.0 Å². The van der Waals surface area contributed by atoms with Gasteiger partial charge in [-0.05, 0) is 18.6 Å². The zero-order chi connectivity index (χ0) is 10.4. The van der Waals surface area contributed by atoms with Crippen LogP contribution in [0, 0.1) is 6.92 Å². The van der Waals surface area contributed by atoms with Gasteiger partial charge in [-0.3, -0.25) is 0 Å². The van der Waals surface area contributed by atoms with Gasteiger partial charge in [0.2, 0.25) is 0 Å². The van der Waals surface area contributed by atoms with E-state index >= 15 is 0 Å². The van der Waals surface area contributed by atoms with Gasteiger partial charge in [0.25, 0.3) is 0 Å². The molecule has 0 aromatic heterocycles. The molecule has 0 fully saturated rings. The zero-order valence-electron chi connectivity index (χ0n) is 8.31. The molecule has 0 radical (unpaired) electrons. The van der Waals surface area contributed by atoms with Crippen molar-refractivity contribution in [2.45, 2.75) is 19.4 Å². The number of ether oxygens (including phenoxy) is 1. The third-order valence-corrected chi connectivity index (χ3v) is 2.01. The molecule has 1 atom stereocenters. The maximum atomic E-state index is 9.08. The van der Waals surface area contributed by atoms with Gasteiger partial charge in [0.1, 0.15) is 5.75 Å². The van der Waals surface area contributed by atoms with Crippen molar-refractivity contribution in [1.29, 1.82) is 0 Å². The molecule has 3 nitrogen and oxygen atoms in total. The minimum Gasteiger partial charge on any atom is -0.493 e. The molecule has 0 heterocycles. The molecule has 0 saturated heterocycles. The minimum atomic E-state index is -0.681. The van der Waals surface area contributed by atoms with E-state index in [0.717, 1.165) is 11.3 Å². The van der Waals surface area contributed by atoms with E-state index in [1.54, 1.807) is 0 Å². The molecule has 0 spiro atoms. The van der Waals surface area contributed by atoms with Crippen LogP contribution in [-0.2, 0) is 0 Å². The lowest BCUT2D eigenvalue weighted by molar-refractivity contribution is 0.0753. The molecule has 0 aliphatic carbocycles. The van der Waals surface area contributed by atoms with E-state index in [-0.39, 0.29) is 6.61 Å². The summed E-state index contributed by atoms with van der Waals surface area (Å²) in [4.78, 5) is 0. The Morgan fingerprint density at radius 3 is 2.71 bits per heavy atom. The quantitative estimate of drug-likeness (QED) is 0.742. The third-order valence-electron chi connectivity index (χ3n) is 2.01. The van der Waals surface area contributed by atoms with E-state index in [1.165, 1.54) is 0 Å². The largest absolute Gasteiger partial charge is 0.493 e. The molecule has 78 valence electrons. The van der Waals surface area contributed by atoms with Crippen molar-refractivity contribution in [1.82, 2.24) is 0 Å². The Balaban J connectivity index is 2.35. The maximum Gasteiger partial charge on any atom is 0.122 e. The Kier molecular flexibility index (Phi) is 4.43. The minimum absolute atomic E-state index is 0.211. The molecule has 0 amide bonds. The van der Waals surface area contributed by atoms with Gasteiger partial charge in [0, 0.05) is 6.42 Å². The second-order valence-electron chi connectivity index (χ2n) is 3.24. The van der Waals surface area contributed by atoms with Crippen LogP contribution in [0.4, 0.5) is 0 Å². The highest BCUT2D eigenvalue weighted by Crippen LogP contribution is 2.16. The molecule has 0 saturated carbocycles. The van der Waals surface area contributed by atoms with E-state index in [2.05, 4.69) is 0 Å². The van der Waals surface area contributed by atoms with Crippen LogP contribution >= 0.6 is 0 Å². The lowest BCUT2D eigenvalue weighted by Gasteiger charge is -2.10. The summed E-state index contributed by atoms with van der Waals surface area (Å²) in [5.74, 6) is 0.831. The number of hydrogen-bond donors (Lipinski definition) is 2. The number of para-hydroxylation sites is 1. The van der Waals surface area contributed by atoms with Crippen molar-refractivity contribution in [2.75, 3.05) is 13.2 Å². The Morgan fingerprint density at radius 1 is 1.36 bits per heavy atom. The van der Waals surface area contributed by atoms with Gasteiger partial charge in [-0.25, -0.2) is 0 Å². The van der Waals surface area contributed by atoms with Crippen molar-refractivity contribution in [3.05, 3.63) is 29.8 Å². The fourth-order valence-electron chi connectivity index (χ4n) is 1.11. The van der Waals surface area contributed by atoms with Crippen molar-refractivity contribution in [3.8, 4) is 5.75 Å². The fraction of sp³-hybridized carbons (Fsp3) is 0.455. The second-order valence-corrected chi connectivity index (χ2v) is 3.24. The highest BCUT2D eigenvalue weighted by molar-refractivity contribution is 5.31. The predicted molar refractivity (Wildman–Crippen MR) is 54.4 cm³/mol. The van der Waals surface area contributed by atoms with E-state index in [1.807, 2.05) is 31.2 Å². The fourth-order valence-corrected chi connectivity index (χ4v) is 1.11. The van der Waals surface area contributed by atoms with Gasteiger partial charge in [-0.2, -0.15) is 0 Å². The molecule has 0 unspecified atom stereocenters. The van der Waals surface area contributed by atoms with Crippen LogP contribution in [-0.4, -0.2) is 29.5 Å². The van der Waals surface area contributed by atoms with Gasteiger partial charge in [0.05, 0.1) is 19.3 Å². The highest BCUT2D eigenvalue weighted by Gasteiger charge is 2.02. The molecule has 0 aliphatic heterocycles. The average molecular weight is 196 g/mol. The van der Waals surface area contributed by atoms with Crippen LogP contribution in [0.5, 0.6) is 5.75 Å². The number of aliphatic hydroxyl groups excluding tert-OH is 2. The lowest BCUT2D eigenvalue weighted by atomic mass is 10.2. The monoisotopic (exact) mass is 196 g/mol. The summed E-state index contributed by atoms with van der Waals surface area (Å²) in [5, 5.41) is 17.7. The molecule has 0 bridgehead atoms. The molecule has 3 heteroatoms. The summed E-state index contributed by atoms with van der Waals surface area (Å²) in [5.41, 5.74) is 1.07. The normalized spacial score (nSPS) is 12.5. The van der Waals surface area contributed by atoms with Gasteiger partial charge in [-0.15, -0.1) is 0 Å². The predicted octanol–water partition coefficient (Wildman–Crippen LogP) is 1.12. The Labute approximate surface area is 84.0 Å². The first kappa shape index (κ1) is 11.0. The number of aliphatic hydroxyl groups is 2. The maximum absolute atomic E-state index is 9.08. The highest BCUT2D eigenvalue weighted by atomic mass is 16.5. The smallest absolute Gasteiger partial charge is 0.122 e. The third kappa shape index (κ3) is 3.36. The number of rotatable bonds is 5. The van der Waals surface area contributed by atoms with Crippen LogP contribution in [0.15, 0.2) is 24.3 Å². The molecule has 2 N–H and O–H groups in total. The molecule has 1 aromatic rings. The Morgan fingerprint density at radius 2 is 2.07 bits per heavy atom. The lowest BCUT2D eigenvalue weighted by Crippen LogP contribution is -2.15. The van der Waals surface area contributed by atoms with Gasteiger partial charge in [0.15, 0.2) is 0 Å². The van der Waals surface area contributed by atoms with Crippen LogP contribution in [0.3, 0.4) is 0 Å². The SMILES string of the molecule is Cc1ccccc1OCC[C@@H](O)CO. The summed E-state index contributed by atoms with van der Waals surface area (Å²) < 4.78 is 5.44. The number of hydrogen-bond acceptors (Lipinski definition) is 3. The number of benzene rings is 1. The van der Waals surface area contributed by atoms with Crippen molar-refractivity contribution >= 4 is 0 Å². The topological polar surface area (TPSA) is 49.7 Å². The van der Waals surface area contributed by atoms with E-state index in [9.17, 15) is 0 Å². The van der Waals surface area contributed by atoms with Gasteiger partial charge >= 0.3 is 0 Å². The molecular weight excluding hydrogens is 180 g/mol. The molecule has 1 rings (SSSR count). The van der Waals surface area contributed by atoms with Crippen LogP contribution in [0.1, 0.15) is 12.0 Å². The Hall–Kier alpha value is -1.06. The van der Waals surface area contributed by atoms with Crippen molar-refractivity contribution < 1.29 is 14.9 Å². The summed E-state index contributed by atoms with van der Waals surface area (Å²) in [7, 11) is 0. The average Bonchev–Trinajstić information content (AvgIpc) is 2.20. The zero-order valence-corrected chi connectivity index (χ0v) is 8.31. The first-order valence-corrected chi connectivity index (χ1v) is 4.71. The molecular formula is C11H16O3. The number of aryl methyl sites for hydroxylation is 1. The standard InChI is InChI=1S/C11H16O3/c1-9-4-2-3-5-11(9)14-7-6-10(13)8-12/h2-5,10,12-13H,6-8H2,1H3/t10-/m1/s1. The second kappa shape index (κ2) is 5.62. The summed E-state index contributed by atoms with van der Waals surface area (Å²) in [6.07, 6.45) is -0.232. The summed E-state index contributed by atoms with van der Waals surface area (Å²) in [6.45, 7) is 2.18. The molecule has 0 aliphatic rings. The first-order chi connectivity index (χ1) is 6.74.